The van der Waals surface area contributed by atoms with Gasteiger partial charge in [-0.15, -0.1) is 0 Å². The van der Waals surface area contributed by atoms with Crippen molar-refractivity contribution in [3.8, 4) is 11.4 Å². The van der Waals surface area contributed by atoms with Crippen LogP contribution in [-0.2, 0) is 6.18 Å². The van der Waals surface area contributed by atoms with Crippen LogP contribution in [0.5, 0.6) is 0 Å². The van der Waals surface area contributed by atoms with Gasteiger partial charge >= 0.3 is 12.1 Å². The average molecular weight is 387 g/mol. The molecule has 3 aromatic rings. The fourth-order valence-corrected chi connectivity index (χ4v) is 3.44. The van der Waals surface area contributed by atoms with Gasteiger partial charge in [-0.3, -0.25) is 4.79 Å². The summed E-state index contributed by atoms with van der Waals surface area (Å²) >= 11 is 0. The van der Waals surface area contributed by atoms with E-state index in [0.717, 1.165) is 5.56 Å². The molecule has 1 aliphatic rings. The first-order chi connectivity index (χ1) is 13.3. The molecule has 0 aliphatic carbocycles. The number of nitrogens with zero attached hydrogens (tertiary/aromatic N) is 3. The summed E-state index contributed by atoms with van der Waals surface area (Å²) < 4.78 is 42.0. The first-order valence-corrected chi connectivity index (χ1v) is 8.72. The fraction of sp³-hybridized carbons (Fsp3) is 0.250. The van der Waals surface area contributed by atoms with Gasteiger partial charge in [0.2, 0.25) is 5.82 Å². The topological polar surface area (TPSA) is 59.2 Å². The molecule has 28 heavy (non-hydrogen) atoms. The minimum absolute atomic E-state index is 0.0138. The number of halogens is 3. The highest BCUT2D eigenvalue weighted by molar-refractivity contribution is 5.95. The van der Waals surface area contributed by atoms with Gasteiger partial charge in [0.15, 0.2) is 0 Å². The van der Waals surface area contributed by atoms with E-state index in [1.54, 1.807) is 17.0 Å². The zero-order valence-electron chi connectivity index (χ0n) is 14.8. The third kappa shape index (κ3) is 3.26. The lowest BCUT2D eigenvalue weighted by Gasteiger charge is -2.47. The molecule has 4 rings (SSSR count). The van der Waals surface area contributed by atoms with Gasteiger partial charge in [0.1, 0.15) is 0 Å². The SMILES string of the molecule is C[C@H]1CN(C(=O)c2ccc(-c3noc(C(F)(F)F)n3)cc2)[C@@H]1c1ccccc1. The normalized spacial score (nSPS) is 19.4. The van der Waals surface area contributed by atoms with E-state index in [1.165, 1.54) is 12.1 Å². The molecule has 0 radical (unpaired) electrons. The fourth-order valence-electron chi connectivity index (χ4n) is 3.44. The number of carbonyl (C=O) groups is 1. The highest BCUT2D eigenvalue weighted by atomic mass is 19.4. The Bertz CT molecular complexity index is 984. The molecule has 1 saturated heterocycles. The maximum absolute atomic E-state index is 12.9. The summed E-state index contributed by atoms with van der Waals surface area (Å²) in [6, 6.07) is 16.0. The number of aromatic nitrogens is 2. The number of likely N-dealkylation sites (tertiary alicyclic amines) is 1. The molecule has 1 aliphatic heterocycles. The molecule has 0 bridgehead atoms. The summed E-state index contributed by atoms with van der Waals surface area (Å²) in [5, 5.41) is 3.35. The van der Waals surface area contributed by atoms with E-state index in [0.29, 0.717) is 23.6 Å². The first kappa shape index (κ1) is 18.2. The predicted molar refractivity (Wildman–Crippen MR) is 94.1 cm³/mol. The van der Waals surface area contributed by atoms with Crippen molar-refractivity contribution in [3.05, 3.63) is 71.6 Å². The number of hydrogen-bond acceptors (Lipinski definition) is 4. The quantitative estimate of drug-likeness (QED) is 0.660. The highest BCUT2D eigenvalue weighted by Gasteiger charge is 2.40. The number of benzene rings is 2. The van der Waals surface area contributed by atoms with Crippen LogP contribution < -0.4 is 0 Å². The summed E-state index contributed by atoms with van der Waals surface area (Å²) in [5.41, 5.74) is 1.88. The largest absolute Gasteiger partial charge is 0.471 e. The molecular weight excluding hydrogens is 371 g/mol. The molecule has 1 amide bonds. The van der Waals surface area contributed by atoms with E-state index < -0.39 is 12.1 Å². The molecule has 8 heteroatoms. The third-order valence-corrected chi connectivity index (χ3v) is 4.82. The maximum atomic E-state index is 12.9. The lowest BCUT2D eigenvalue weighted by atomic mass is 9.84. The standard InChI is InChI=1S/C20H16F3N3O2/c1-12-11-26(16(12)13-5-3-2-4-6-13)18(27)15-9-7-14(8-10-15)17-24-19(28-25-17)20(21,22)23/h2-10,12,16H,11H2,1H3/t12-,16-/m0/s1. The first-order valence-electron chi connectivity index (χ1n) is 8.72. The second-order valence-electron chi connectivity index (χ2n) is 6.79. The Balaban J connectivity index is 1.52. The van der Waals surface area contributed by atoms with Gasteiger partial charge < -0.3 is 9.42 Å². The van der Waals surface area contributed by atoms with Crippen molar-refractivity contribution >= 4 is 5.91 Å². The zero-order valence-corrected chi connectivity index (χ0v) is 14.8. The summed E-state index contributed by atoms with van der Waals surface area (Å²) in [7, 11) is 0. The smallest absolute Gasteiger partial charge is 0.331 e. The van der Waals surface area contributed by atoms with E-state index in [2.05, 4.69) is 21.6 Å². The highest BCUT2D eigenvalue weighted by Crippen LogP contribution is 2.39. The molecule has 1 aromatic heterocycles. The monoisotopic (exact) mass is 387 g/mol. The van der Waals surface area contributed by atoms with Crippen molar-refractivity contribution in [2.45, 2.75) is 19.1 Å². The van der Waals surface area contributed by atoms with E-state index in [-0.39, 0.29) is 17.8 Å². The maximum Gasteiger partial charge on any atom is 0.471 e. The number of alkyl halides is 3. The second kappa shape index (κ2) is 6.78. The van der Waals surface area contributed by atoms with Gasteiger partial charge in [0.05, 0.1) is 6.04 Å². The van der Waals surface area contributed by atoms with Crippen LogP contribution in [0, 0.1) is 5.92 Å². The lowest BCUT2D eigenvalue weighted by Crippen LogP contribution is -2.51. The van der Waals surface area contributed by atoms with Crippen LogP contribution in [0.25, 0.3) is 11.4 Å². The van der Waals surface area contributed by atoms with E-state index in [4.69, 9.17) is 0 Å². The Morgan fingerprint density at radius 1 is 1.11 bits per heavy atom. The Morgan fingerprint density at radius 3 is 2.36 bits per heavy atom. The molecular formula is C20H16F3N3O2. The van der Waals surface area contributed by atoms with Crippen molar-refractivity contribution in [1.29, 1.82) is 0 Å². The molecule has 0 N–H and O–H groups in total. The molecule has 0 saturated carbocycles. The Labute approximate surface area is 158 Å². The van der Waals surface area contributed by atoms with Gasteiger partial charge in [-0.2, -0.15) is 18.2 Å². The summed E-state index contributed by atoms with van der Waals surface area (Å²) in [5.74, 6) is -1.35. The molecule has 144 valence electrons. The molecule has 2 aromatic carbocycles. The van der Waals surface area contributed by atoms with Crippen molar-refractivity contribution in [2.75, 3.05) is 6.54 Å². The van der Waals surface area contributed by atoms with Gasteiger partial charge in [0.25, 0.3) is 5.91 Å². The number of carbonyl (C=O) groups excluding carboxylic acids is 1. The second-order valence-corrected chi connectivity index (χ2v) is 6.79. The van der Waals surface area contributed by atoms with Crippen molar-refractivity contribution < 1.29 is 22.5 Å². The Morgan fingerprint density at radius 2 is 1.79 bits per heavy atom. The van der Waals surface area contributed by atoms with Crippen LogP contribution in [0.4, 0.5) is 13.2 Å². The third-order valence-electron chi connectivity index (χ3n) is 4.82. The Hall–Kier alpha value is -3.16. The minimum atomic E-state index is -4.69. The summed E-state index contributed by atoms with van der Waals surface area (Å²) in [6.45, 7) is 2.75. The lowest BCUT2D eigenvalue weighted by molar-refractivity contribution is -0.159. The van der Waals surface area contributed by atoms with Crippen LogP contribution in [0.2, 0.25) is 0 Å². The van der Waals surface area contributed by atoms with Crippen molar-refractivity contribution in [2.24, 2.45) is 5.92 Å². The van der Waals surface area contributed by atoms with Crippen molar-refractivity contribution in [1.82, 2.24) is 15.0 Å². The van der Waals surface area contributed by atoms with Crippen molar-refractivity contribution in [3.63, 3.8) is 0 Å². The van der Waals surface area contributed by atoms with Gasteiger partial charge in [-0.05, 0) is 23.6 Å². The zero-order chi connectivity index (χ0) is 19.9. The van der Waals surface area contributed by atoms with Gasteiger partial charge in [-0.25, -0.2) is 0 Å². The summed E-state index contributed by atoms with van der Waals surface area (Å²) in [6.07, 6.45) is -4.69. The molecule has 0 unspecified atom stereocenters. The molecule has 5 nitrogen and oxygen atoms in total. The Kier molecular flexibility index (Phi) is 4.41. The number of amides is 1. The van der Waals surface area contributed by atoms with Gasteiger partial charge in [0, 0.05) is 17.7 Å². The molecule has 0 spiro atoms. The number of rotatable bonds is 3. The van der Waals surface area contributed by atoms with E-state index in [1.807, 2.05) is 30.3 Å². The van der Waals surface area contributed by atoms with E-state index in [9.17, 15) is 18.0 Å². The number of hydrogen-bond donors (Lipinski definition) is 0. The minimum Gasteiger partial charge on any atom is -0.331 e. The summed E-state index contributed by atoms with van der Waals surface area (Å²) in [4.78, 5) is 18.0. The van der Waals surface area contributed by atoms with Crippen LogP contribution in [0.3, 0.4) is 0 Å². The van der Waals surface area contributed by atoms with Crippen LogP contribution in [0.15, 0.2) is 59.1 Å². The average Bonchev–Trinajstić information content (AvgIpc) is 3.17. The molecule has 2 atom stereocenters. The van der Waals surface area contributed by atoms with Crippen LogP contribution in [-0.4, -0.2) is 27.5 Å². The molecule has 1 fully saturated rings. The van der Waals surface area contributed by atoms with Gasteiger partial charge in [-0.1, -0.05) is 54.5 Å². The predicted octanol–water partition coefficient (Wildman–Crippen LogP) is 4.59. The molecule has 2 heterocycles. The van der Waals surface area contributed by atoms with Crippen LogP contribution in [0.1, 0.15) is 34.8 Å². The van der Waals surface area contributed by atoms with Crippen LogP contribution >= 0.6 is 0 Å². The van der Waals surface area contributed by atoms with E-state index >= 15 is 0 Å².